The zero-order chi connectivity index (χ0) is 23.5. The Morgan fingerprint density at radius 2 is 1.45 bits per heavy atom. The number of rotatable bonds is 6. The van der Waals surface area contributed by atoms with Gasteiger partial charge < -0.3 is 14.8 Å². The molecule has 3 aromatic rings. The fourth-order valence-electron chi connectivity index (χ4n) is 3.18. The van der Waals surface area contributed by atoms with E-state index in [2.05, 4.69) is 5.32 Å². The van der Waals surface area contributed by atoms with Gasteiger partial charge in [-0.2, -0.15) is 0 Å². The minimum atomic E-state index is -0.632. The molecule has 1 aliphatic heterocycles. The third kappa shape index (κ3) is 4.58. The van der Waals surface area contributed by atoms with E-state index in [9.17, 15) is 14.4 Å². The van der Waals surface area contributed by atoms with E-state index in [0.717, 1.165) is 10.5 Å². The van der Waals surface area contributed by atoms with E-state index in [1.165, 1.54) is 7.11 Å². The lowest BCUT2D eigenvalue weighted by Gasteiger charge is -2.15. The number of esters is 1. The van der Waals surface area contributed by atoms with Gasteiger partial charge in [-0.25, -0.2) is 9.69 Å². The Morgan fingerprint density at radius 1 is 0.848 bits per heavy atom. The first-order valence-corrected chi connectivity index (χ1v) is 10.3. The summed E-state index contributed by atoms with van der Waals surface area (Å²) in [6.45, 7) is 1.94. The fraction of sp³-hybridized carbons (Fsp3) is 0.0800. The molecule has 0 aromatic heterocycles. The smallest absolute Gasteiger partial charge is 0.343 e. The molecule has 0 saturated carbocycles. The average Bonchev–Trinajstić information content (AvgIpc) is 3.04. The first-order chi connectivity index (χ1) is 15.9. The van der Waals surface area contributed by atoms with Crippen molar-refractivity contribution < 1.29 is 23.9 Å². The molecule has 0 radical (unpaired) electrons. The standard InChI is InChI=1S/C25H19ClN2O5/c1-15-3-11-20(12-4-15)33-25(31)16-5-7-17(8-6-16)27-22-21(26)23(29)28(24(22)30)18-9-13-19(32-2)14-10-18/h3-14,27H,1-2H3. The predicted molar refractivity (Wildman–Crippen MR) is 125 cm³/mol. The maximum atomic E-state index is 12.9. The lowest BCUT2D eigenvalue weighted by atomic mass is 10.2. The zero-order valence-electron chi connectivity index (χ0n) is 17.8. The van der Waals surface area contributed by atoms with Gasteiger partial charge in [0.1, 0.15) is 22.2 Å². The molecule has 0 spiro atoms. The molecule has 0 atom stereocenters. The van der Waals surface area contributed by atoms with Crippen LogP contribution in [0.25, 0.3) is 0 Å². The summed E-state index contributed by atoms with van der Waals surface area (Å²) in [5.41, 5.74) is 2.19. The number of amides is 2. The van der Waals surface area contributed by atoms with E-state index in [4.69, 9.17) is 21.1 Å². The number of benzene rings is 3. The monoisotopic (exact) mass is 462 g/mol. The van der Waals surface area contributed by atoms with Crippen LogP contribution >= 0.6 is 11.6 Å². The Labute approximate surface area is 195 Å². The maximum Gasteiger partial charge on any atom is 0.343 e. The second-order valence-electron chi connectivity index (χ2n) is 7.24. The molecule has 1 N–H and O–H groups in total. The minimum Gasteiger partial charge on any atom is -0.497 e. The number of methoxy groups -OCH3 is 1. The van der Waals surface area contributed by atoms with Gasteiger partial charge in [0.25, 0.3) is 11.8 Å². The molecule has 1 aliphatic rings. The summed E-state index contributed by atoms with van der Waals surface area (Å²) in [6.07, 6.45) is 0. The number of halogens is 1. The summed E-state index contributed by atoms with van der Waals surface area (Å²) in [4.78, 5) is 38.8. The van der Waals surface area contributed by atoms with Crippen LogP contribution in [0.5, 0.6) is 11.5 Å². The van der Waals surface area contributed by atoms with Gasteiger partial charge in [-0.1, -0.05) is 29.3 Å². The normalized spacial score (nSPS) is 13.4. The van der Waals surface area contributed by atoms with E-state index in [-0.39, 0.29) is 10.7 Å². The highest BCUT2D eigenvalue weighted by Gasteiger charge is 2.39. The first-order valence-electron chi connectivity index (χ1n) is 9.96. The predicted octanol–water partition coefficient (Wildman–Crippen LogP) is 4.66. The zero-order valence-corrected chi connectivity index (χ0v) is 18.6. The second kappa shape index (κ2) is 9.18. The third-order valence-corrected chi connectivity index (χ3v) is 5.33. The topological polar surface area (TPSA) is 84.9 Å². The number of hydrogen-bond acceptors (Lipinski definition) is 6. The second-order valence-corrected chi connectivity index (χ2v) is 7.62. The van der Waals surface area contributed by atoms with E-state index < -0.39 is 17.8 Å². The van der Waals surface area contributed by atoms with Crippen molar-refractivity contribution in [2.75, 3.05) is 17.3 Å². The number of nitrogens with one attached hydrogen (secondary N) is 1. The van der Waals surface area contributed by atoms with Crippen molar-refractivity contribution in [1.82, 2.24) is 0 Å². The molecule has 166 valence electrons. The number of carbonyl (C=O) groups excluding carboxylic acids is 3. The van der Waals surface area contributed by atoms with E-state index in [0.29, 0.717) is 28.4 Å². The van der Waals surface area contributed by atoms with Crippen LogP contribution < -0.4 is 19.7 Å². The largest absolute Gasteiger partial charge is 0.497 e. The van der Waals surface area contributed by atoms with Crippen LogP contribution in [-0.2, 0) is 9.59 Å². The Hall–Kier alpha value is -4.10. The number of carbonyl (C=O) groups is 3. The Bertz CT molecular complexity index is 1250. The van der Waals surface area contributed by atoms with Gasteiger partial charge in [0.2, 0.25) is 0 Å². The van der Waals surface area contributed by atoms with Crippen LogP contribution in [0.2, 0.25) is 0 Å². The number of anilines is 2. The van der Waals surface area contributed by atoms with Crippen molar-refractivity contribution in [3.8, 4) is 11.5 Å². The van der Waals surface area contributed by atoms with Crippen molar-refractivity contribution in [3.63, 3.8) is 0 Å². The molecule has 7 nitrogen and oxygen atoms in total. The lowest BCUT2D eigenvalue weighted by Crippen LogP contribution is -2.32. The van der Waals surface area contributed by atoms with Crippen LogP contribution in [0.15, 0.2) is 83.5 Å². The molecule has 1 heterocycles. The molecule has 4 rings (SSSR count). The van der Waals surface area contributed by atoms with Crippen molar-refractivity contribution in [3.05, 3.63) is 94.7 Å². The molecule has 2 amide bonds. The molecule has 8 heteroatoms. The molecule has 0 saturated heterocycles. The Kier molecular flexibility index (Phi) is 6.15. The molecular weight excluding hydrogens is 444 g/mol. The summed E-state index contributed by atoms with van der Waals surface area (Å²) in [5.74, 6) is -0.694. The summed E-state index contributed by atoms with van der Waals surface area (Å²) < 4.78 is 10.5. The van der Waals surface area contributed by atoms with E-state index >= 15 is 0 Å². The highest BCUT2D eigenvalue weighted by Crippen LogP contribution is 2.31. The molecule has 3 aromatic carbocycles. The maximum absolute atomic E-state index is 12.9. The van der Waals surface area contributed by atoms with E-state index in [1.54, 1.807) is 60.7 Å². The number of nitrogens with zero attached hydrogens (tertiary/aromatic N) is 1. The molecule has 0 bridgehead atoms. The van der Waals surface area contributed by atoms with Gasteiger partial charge >= 0.3 is 5.97 Å². The molecule has 0 fully saturated rings. The van der Waals surface area contributed by atoms with Crippen LogP contribution in [0.4, 0.5) is 11.4 Å². The van der Waals surface area contributed by atoms with Gasteiger partial charge in [0, 0.05) is 5.69 Å². The van der Waals surface area contributed by atoms with Crippen molar-refractivity contribution >= 4 is 40.8 Å². The molecule has 0 aliphatic carbocycles. The summed E-state index contributed by atoms with van der Waals surface area (Å²) in [7, 11) is 1.52. The minimum absolute atomic E-state index is 0.0486. The van der Waals surface area contributed by atoms with Gasteiger partial charge in [0.05, 0.1) is 18.4 Å². The summed E-state index contributed by atoms with van der Waals surface area (Å²) in [6, 6.07) is 19.9. The molecule has 0 unspecified atom stereocenters. The highest BCUT2D eigenvalue weighted by atomic mass is 35.5. The number of hydrogen-bond donors (Lipinski definition) is 1. The quantitative estimate of drug-likeness (QED) is 0.326. The van der Waals surface area contributed by atoms with Crippen LogP contribution in [-0.4, -0.2) is 24.9 Å². The van der Waals surface area contributed by atoms with Gasteiger partial charge in [0.15, 0.2) is 0 Å². The number of aryl methyl sites for hydroxylation is 1. The molecular formula is C25H19ClN2O5. The number of imide groups is 1. The first kappa shape index (κ1) is 22.1. The average molecular weight is 463 g/mol. The van der Waals surface area contributed by atoms with Gasteiger partial charge in [-0.3, -0.25) is 9.59 Å². The number of ether oxygens (including phenoxy) is 2. The Balaban J connectivity index is 1.46. The Morgan fingerprint density at radius 3 is 2.06 bits per heavy atom. The van der Waals surface area contributed by atoms with E-state index in [1.807, 2.05) is 19.1 Å². The fourth-order valence-corrected chi connectivity index (χ4v) is 3.40. The van der Waals surface area contributed by atoms with Gasteiger partial charge in [-0.05, 0) is 67.6 Å². The van der Waals surface area contributed by atoms with Crippen LogP contribution in [0.3, 0.4) is 0 Å². The van der Waals surface area contributed by atoms with Crippen LogP contribution in [0, 0.1) is 6.92 Å². The summed E-state index contributed by atoms with van der Waals surface area (Å²) in [5, 5.41) is 2.65. The molecule has 33 heavy (non-hydrogen) atoms. The lowest BCUT2D eigenvalue weighted by molar-refractivity contribution is -0.120. The van der Waals surface area contributed by atoms with Gasteiger partial charge in [-0.15, -0.1) is 0 Å². The SMILES string of the molecule is COc1ccc(N2C(=O)C(Cl)=C(Nc3ccc(C(=O)Oc4ccc(C)cc4)cc3)C2=O)cc1. The van der Waals surface area contributed by atoms with Crippen LogP contribution in [0.1, 0.15) is 15.9 Å². The third-order valence-electron chi connectivity index (χ3n) is 4.98. The highest BCUT2D eigenvalue weighted by molar-refractivity contribution is 6.53. The van der Waals surface area contributed by atoms with Crippen molar-refractivity contribution in [1.29, 1.82) is 0 Å². The van der Waals surface area contributed by atoms with Crippen molar-refractivity contribution in [2.24, 2.45) is 0 Å². The van der Waals surface area contributed by atoms with Crippen molar-refractivity contribution in [2.45, 2.75) is 6.92 Å². The summed E-state index contributed by atoms with van der Waals surface area (Å²) >= 11 is 6.17.